The van der Waals surface area contributed by atoms with E-state index >= 15 is 0 Å². The molecule has 5 heteroatoms. The number of rotatable bonds is 3. The second kappa shape index (κ2) is 9.39. The van der Waals surface area contributed by atoms with Gasteiger partial charge in [0, 0.05) is 36.8 Å². The first kappa shape index (κ1) is 28.9. The van der Waals surface area contributed by atoms with Gasteiger partial charge in [0.15, 0.2) is 11.6 Å². The highest BCUT2D eigenvalue weighted by Crippen LogP contribution is 2.74. The Hall–Kier alpha value is -2.22. The van der Waals surface area contributed by atoms with Gasteiger partial charge in [0.1, 0.15) is 0 Å². The molecule has 6 rings (SSSR count). The number of nitrogens with zero attached hydrogens (tertiary/aromatic N) is 2. The molecule has 0 radical (unpaired) electrons. The summed E-state index contributed by atoms with van der Waals surface area (Å²) >= 11 is 0. The maximum Gasteiger partial charge on any atom is 0.226 e. The summed E-state index contributed by atoms with van der Waals surface area (Å²) in [5.41, 5.74) is 0.868. The van der Waals surface area contributed by atoms with Crippen LogP contribution in [0.4, 0.5) is 0 Å². The molecule has 0 aromatic heterocycles. The van der Waals surface area contributed by atoms with Gasteiger partial charge in [-0.3, -0.25) is 9.59 Å². The summed E-state index contributed by atoms with van der Waals surface area (Å²) < 4.78 is 0. The minimum atomic E-state index is -0.452. The maximum atomic E-state index is 14.6. The fourth-order valence-electron chi connectivity index (χ4n) is 11.2. The van der Waals surface area contributed by atoms with Crippen LogP contribution in [0, 0.1) is 57.3 Å². The summed E-state index contributed by atoms with van der Waals surface area (Å²) in [5.74, 6) is 0.707. The van der Waals surface area contributed by atoms with Gasteiger partial charge < -0.3 is 9.69 Å². The zero-order valence-corrected chi connectivity index (χ0v) is 26.3. The molecule has 0 bridgehead atoms. The largest absolute Gasteiger partial charge is 0.343 e. The standard InChI is InChI=1S/C36H50N2O3/c1-23-24-10-12-34(5)28(33(24,4)22-26(37-7)31(23)41)20-27(39)30-25-21-32(2,3)14-16-36(25,17-15-35(30,34)6)13-11-29(40)38-18-8-9-19-38/h20,22-25,30H,8-19,21H2,1-6H3/t23-,24-,25-,30-,33-,34+,35+,36+/m0/s1. The van der Waals surface area contributed by atoms with E-state index in [0.29, 0.717) is 12.3 Å². The molecule has 1 aliphatic heterocycles. The van der Waals surface area contributed by atoms with Crippen LogP contribution in [-0.2, 0) is 14.4 Å². The third kappa shape index (κ3) is 4.01. The third-order valence-corrected chi connectivity index (χ3v) is 14.0. The van der Waals surface area contributed by atoms with E-state index in [9.17, 15) is 14.4 Å². The van der Waals surface area contributed by atoms with Crippen molar-refractivity contribution < 1.29 is 14.4 Å². The molecule has 5 aliphatic carbocycles. The first-order valence-electron chi connectivity index (χ1n) is 16.4. The van der Waals surface area contributed by atoms with Gasteiger partial charge in [0.05, 0.1) is 6.57 Å². The summed E-state index contributed by atoms with van der Waals surface area (Å²) in [6, 6.07) is 0. The van der Waals surface area contributed by atoms with Crippen molar-refractivity contribution in [3.63, 3.8) is 0 Å². The van der Waals surface area contributed by atoms with Crippen molar-refractivity contribution in [1.82, 2.24) is 4.90 Å². The Kier molecular flexibility index (Phi) is 6.61. The molecule has 0 unspecified atom stereocenters. The Morgan fingerprint density at radius 1 is 1.00 bits per heavy atom. The molecule has 8 atom stereocenters. The maximum absolute atomic E-state index is 14.6. The molecule has 5 nitrogen and oxygen atoms in total. The fraction of sp³-hybridized carbons (Fsp3) is 0.778. The number of Topliss-reactive ketones (excluding diaryl/α,β-unsaturated/α-hetero) is 1. The Balaban J connectivity index is 1.41. The Labute approximate surface area is 247 Å². The molecule has 1 saturated heterocycles. The molecule has 1 amide bonds. The van der Waals surface area contributed by atoms with Gasteiger partial charge in [0.25, 0.3) is 0 Å². The van der Waals surface area contributed by atoms with Gasteiger partial charge >= 0.3 is 0 Å². The minimum absolute atomic E-state index is 0.0340. The minimum Gasteiger partial charge on any atom is -0.343 e. The number of ketones is 2. The molecule has 0 spiro atoms. The number of amides is 1. The number of fused-ring (bicyclic) bond motifs is 7. The SMILES string of the molecule is [C-]#[N+]C1=C[C@]2(C)C3=CC(=O)[C@@H]4[C@@H]5CC(C)(C)CC[C@]5(CCC(=O)N5CCCC5)CC[C@@]4(C)[C@]3(C)CC[C@H]2[C@H](C)C1=O. The Morgan fingerprint density at radius 3 is 2.37 bits per heavy atom. The number of likely N-dealkylation sites (tertiary alicyclic amines) is 1. The van der Waals surface area contributed by atoms with E-state index < -0.39 is 5.41 Å². The summed E-state index contributed by atoms with van der Waals surface area (Å²) in [5, 5.41) is 0. The highest BCUT2D eigenvalue weighted by atomic mass is 16.2. The van der Waals surface area contributed by atoms with Gasteiger partial charge in [-0.25, -0.2) is 4.85 Å². The number of hydrogen-bond acceptors (Lipinski definition) is 3. The highest BCUT2D eigenvalue weighted by molar-refractivity contribution is 6.01. The van der Waals surface area contributed by atoms with Crippen LogP contribution in [0.15, 0.2) is 23.4 Å². The molecular formula is C36H50N2O3. The molecular weight excluding hydrogens is 508 g/mol. The average Bonchev–Trinajstić information content (AvgIpc) is 3.46. The van der Waals surface area contributed by atoms with E-state index in [1.807, 2.05) is 19.1 Å². The predicted molar refractivity (Wildman–Crippen MR) is 160 cm³/mol. The van der Waals surface area contributed by atoms with E-state index in [1.165, 1.54) is 5.57 Å². The molecule has 41 heavy (non-hydrogen) atoms. The molecule has 6 aliphatic rings. The smallest absolute Gasteiger partial charge is 0.226 e. The molecule has 4 fully saturated rings. The fourth-order valence-corrected chi connectivity index (χ4v) is 11.2. The third-order valence-electron chi connectivity index (χ3n) is 14.0. The van der Waals surface area contributed by atoms with Crippen LogP contribution < -0.4 is 0 Å². The average molecular weight is 559 g/mol. The van der Waals surface area contributed by atoms with E-state index in [2.05, 4.69) is 44.4 Å². The monoisotopic (exact) mass is 558 g/mol. The molecule has 0 N–H and O–H groups in total. The van der Waals surface area contributed by atoms with Gasteiger partial charge in [-0.15, -0.1) is 0 Å². The van der Waals surface area contributed by atoms with Crippen molar-refractivity contribution in [3.05, 3.63) is 34.8 Å². The molecule has 0 aromatic carbocycles. The lowest BCUT2D eigenvalue weighted by Gasteiger charge is -2.69. The van der Waals surface area contributed by atoms with E-state index in [0.717, 1.165) is 77.3 Å². The summed E-state index contributed by atoms with van der Waals surface area (Å²) in [4.78, 5) is 46.5. The molecule has 0 aromatic rings. The Morgan fingerprint density at radius 2 is 1.68 bits per heavy atom. The summed E-state index contributed by atoms with van der Waals surface area (Å²) in [7, 11) is 0. The van der Waals surface area contributed by atoms with Gasteiger partial charge in [-0.2, -0.15) is 0 Å². The van der Waals surface area contributed by atoms with Crippen molar-refractivity contribution >= 4 is 17.5 Å². The van der Waals surface area contributed by atoms with E-state index in [-0.39, 0.29) is 62.6 Å². The van der Waals surface area contributed by atoms with Gasteiger partial charge in [0.2, 0.25) is 11.6 Å². The lowest BCUT2D eigenvalue weighted by Crippen LogP contribution is -2.64. The second-order valence-corrected chi connectivity index (χ2v) is 16.3. The predicted octanol–water partition coefficient (Wildman–Crippen LogP) is 7.57. The van der Waals surface area contributed by atoms with Crippen LogP contribution in [0.5, 0.6) is 0 Å². The van der Waals surface area contributed by atoms with Gasteiger partial charge in [-0.05, 0) is 104 Å². The van der Waals surface area contributed by atoms with Crippen LogP contribution in [0.2, 0.25) is 0 Å². The van der Waals surface area contributed by atoms with E-state index in [4.69, 9.17) is 6.57 Å². The van der Waals surface area contributed by atoms with Crippen molar-refractivity contribution in [2.24, 2.45) is 50.7 Å². The second-order valence-electron chi connectivity index (χ2n) is 16.3. The quantitative estimate of drug-likeness (QED) is 0.336. The molecule has 222 valence electrons. The zero-order chi connectivity index (χ0) is 29.6. The molecule has 1 heterocycles. The Bertz CT molecular complexity index is 1280. The lowest BCUT2D eigenvalue weighted by atomic mass is 9.34. The number of allylic oxidation sites excluding steroid dienone is 4. The van der Waals surface area contributed by atoms with Crippen molar-refractivity contribution in [2.75, 3.05) is 13.1 Å². The van der Waals surface area contributed by atoms with Crippen LogP contribution in [0.25, 0.3) is 4.85 Å². The van der Waals surface area contributed by atoms with Crippen molar-refractivity contribution in [3.8, 4) is 0 Å². The highest BCUT2D eigenvalue weighted by Gasteiger charge is 2.68. The number of carbonyl (C=O) groups is 3. The number of hydrogen-bond donors (Lipinski definition) is 0. The van der Waals surface area contributed by atoms with Crippen LogP contribution >= 0.6 is 0 Å². The van der Waals surface area contributed by atoms with Crippen LogP contribution in [0.1, 0.15) is 112 Å². The summed E-state index contributed by atoms with van der Waals surface area (Å²) in [6.07, 6.45) is 15.0. The van der Waals surface area contributed by atoms with E-state index in [1.54, 1.807) is 0 Å². The zero-order valence-electron chi connectivity index (χ0n) is 26.3. The van der Waals surface area contributed by atoms with Crippen molar-refractivity contribution in [1.29, 1.82) is 0 Å². The van der Waals surface area contributed by atoms with Crippen LogP contribution in [0.3, 0.4) is 0 Å². The topological polar surface area (TPSA) is 58.8 Å². The van der Waals surface area contributed by atoms with Crippen molar-refractivity contribution in [2.45, 2.75) is 112 Å². The normalized spacial score (nSPS) is 45.0. The summed E-state index contributed by atoms with van der Waals surface area (Å²) in [6.45, 7) is 23.3. The first-order valence-corrected chi connectivity index (χ1v) is 16.4. The van der Waals surface area contributed by atoms with Gasteiger partial charge in [-0.1, -0.05) is 53.2 Å². The number of carbonyl (C=O) groups excluding carboxylic acids is 3. The lowest BCUT2D eigenvalue weighted by molar-refractivity contribution is -0.171. The molecule has 3 saturated carbocycles. The van der Waals surface area contributed by atoms with Crippen LogP contribution in [-0.4, -0.2) is 35.5 Å². The first-order chi connectivity index (χ1) is 19.2.